The smallest absolute Gasteiger partial charge is 0.0206 e. The van der Waals surface area contributed by atoms with Crippen LogP contribution in [0.15, 0.2) is 85.5 Å². The number of pyridine rings is 3. The quantitative estimate of drug-likeness (QED) is 0.182. The molecule has 187 valence electrons. The number of hydrogen-bond donors (Lipinski definition) is 0. The third-order valence-corrected chi connectivity index (χ3v) is 6.98. The van der Waals surface area contributed by atoms with Crippen LogP contribution < -0.4 is 0 Å². The Labute approximate surface area is 233 Å². The summed E-state index contributed by atoms with van der Waals surface area (Å²) in [6.07, 6.45) is 7.37. The maximum absolute atomic E-state index is 4.63. The first-order valence-corrected chi connectivity index (χ1v) is 12.2. The van der Waals surface area contributed by atoms with Gasteiger partial charge in [-0.15, -0.1) is 41.5 Å². The fraction of sp³-hybridized carbons (Fsp3) is 0.182. The number of nitrogens with zero attached hydrogens (tertiary/aromatic N) is 3. The average molecular weight is 660 g/mol. The molecule has 1 aliphatic rings. The molecule has 3 nitrogen and oxygen atoms in total. The van der Waals surface area contributed by atoms with Gasteiger partial charge in [-0.05, 0) is 59.9 Å². The molecule has 3 heterocycles. The molecule has 5 aromatic rings. The van der Waals surface area contributed by atoms with Gasteiger partial charge >= 0.3 is 0 Å². The maximum Gasteiger partial charge on any atom is 0.0206 e. The van der Waals surface area contributed by atoms with E-state index in [0.29, 0.717) is 0 Å². The number of aryl methyl sites for hydroxylation is 3. The molecule has 0 saturated heterocycles. The van der Waals surface area contributed by atoms with Crippen LogP contribution in [0.1, 0.15) is 41.7 Å². The summed E-state index contributed by atoms with van der Waals surface area (Å²) >= 11 is 0. The molecule has 0 spiro atoms. The second-order valence-electron chi connectivity index (χ2n) is 9.87. The Bertz CT molecular complexity index is 1520. The Morgan fingerprint density at radius 3 is 2.14 bits per heavy atom. The van der Waals surface area contributed by atoms with E-state index in [1.807, 2.05) is 24.5 Å². The summed E-state index contributed by atoms with van der Waals surface area (Å²) in [5.74, 6) is 0. The number of hydrogen-bond acceptors (Lipinski definition) is 3. The summed E-state index contributed by atoms with van der Waals surface area (Å²) in [6.45, 7) is 10.8. The monoisotopic (exact) mass is 660 g/mol. The molecule has 0 N–H and O–H groups in total. The third-order valence-electron chi connectivity index (χ3n) is 6.98. The molecule has 0 fully saturated rings. The first-order valence-electron chi connectivity index (χ1n) is 12.2. The summed E-state index contributed by atoms with van der Waals surface area (Å²) < 4.78 is 0. The minimum atomic E-state index is 0. The zero-order valence-electron chi connectivity index (χ0n) is 21.8. The van der Waals surface area contributed by atoms with Crippen molar-refractivity contribution in [3.8, 4) is 33.6 Å². The number of aromatic nitrogens is 3. The fourth-order valence-corrected chi connectivity index (χ4v) is 4.65. The first-order chi connectivity index (χ1) is 17.3. The largest absolute Gasteiger partial charge is 0.320 e. The van der Waals surface area contributed by atoms with Gasteiger partial charge in [-0.3, -0.25) is 4.98 Å². The minimum absolute atomic E-state index is 0. The molecule has 6 rings (SSSR count). The van der Waals surface area contributed by atoms with Crippen LogP contribution in [0.3, 0.4) is 0 Å². The van der Waals surface area contributed by atoms with Crippen LogP contribution in [0.4, 0.5) is 0 Å². The SMILES string of the molecule is CC1(C)c2ccccc2-c2cnc(-c3[c-]cncc3)cc21.Cc1c[c-]c(-c2cc(C)c(C)cn2)cc1.[Ir]. The van der Waals surface area contributed by atoms with Gasteiger partial charge in [-0.1, -0.05) is 62.7 Å². The Kier molecular flexibility index (Phi) is 7.82. The van der Waals surface area contributed by atoms with E-state index in [-0.39, 0.29) is 25.5 Å². The third kappa shape index (κ3) is 5.32. The van der Waals surface area contributed by atoms with Crippen LogP contribution in [0.2, 0.25) is 0 Å². The van der Waals surface area contributed by atoms with Gasteiger partial charge in [-0.2, -0.15) is 11.6 Å². The molecule has 0 atom stereocenters. The Morgan fingerprint density at radius 2 is 1.43 bits per heavy atom. The van der Waals surface area contributed by atoms with E-state index < -0.39 is 0 Å². The van der Waals surface area contributed by atoms with E-state index >= 15 is 0 Å². The Balaban J connectivity index is 0.000000178. The van der Waals surface area contributed by atoms with Gasteiger partial charge in [0.1, 0.15) is 0 Å². The van der Waals surface area contributed by atoms with Crippen molar-refractivity contribution in [2.45, 2.75) is 40.0 Å². The zero-order chi connectivity index (χ0) is 25.3. The van der Waals surface area contributed by atoms with E-state index in [0.717, 1.165) is 22.5 Å². The first kappa shape index (κ1) is 26.6. The van der Waals surface area contributed by atoms with Crippen molar-refractivity contribution in [2.24, 2.45) is 0 Å². The van der Waals surface area contributed by atoms with Gasteiger partial charge in [-0.25, -0.2) is 0 Å². The summed E-state index contributed by atoms with van der Waals surface area (Å²) in [4.78, 5) is 13.1. The van der Waals surface area contributed by atoms with Gasteiger partial charge in [0.2, 0.25) is 0 Å². The van der Waals surface area contributed by atoms with Crippen LogP contribution in [0, 0.1) is 32.9 Å². The molecule has 4 heteroatoms. The van der Waals surface area contributed by atoms with E-state index in [1.165, 1.54) is 38.9 Å². The normalized spacial score (nSPS) is 12.5. The summed E-state index contributed by atoms with van der Waals surface area (Å²) in [5, 5.41) is 0. The summed E-state index contributed by atoms with van der Waals surface area (Å²) in [6, 6.07) is 27.4. The van der Waals surface area contributed by atoms with E-state index in [4.69, 9.17) is 0 Å². The van der Waals surface area contributed by atoms with Gasteiger partial charge in [0.25, 0.3) is 0 Å². The predicted molar refractivity (Wildman–Crippen MR) is 147 cm³/mol. The molecule has 0 unspecified atom stereocenters. The molecule has 1 aliphatic carbocycles. The molecule has 0 bridgehead atoms. The second kappa shape index (κ2) is 10.9. The Hall–Kier alpha value is -3.46. The summed E-state index contributed by atoms with van der Waals surface area (Å²) in [7, 11) is 0. The second-order valence-corrected chi connectivity index (χ2v) is 9.87. The van der Waals surface area contributed by atoms with Crippen LogP contribution in [0.25, 0.3) is 33.6 Å². The fourth-order valence-electron chi connectivity index (χ4n) is 4.65. The van der Waals surface area contributed by atoms with Gasteiger partial charge < -0.3 is 9.97 Å². The molecule has 37 heavy (non-hydrogen) atoms. The van der Waals surface area contributed by atoms with Crippen molar-refractivity contribution in [1.29, 1.82) is 0 Å². The van der Waals surface area contributed by atoms with E-state index in [1.54, 1.807) is 12.4 Å². The van der Waals surface area contributed by atoms with Crippen molar-refractivity contribution in [3.05, 3.63) is 125 Å². The zero-order valence-corrected chi connectivity index (χ0v) is 24.2. The standard InChI is InChI=1S/C19H15N2.C14H14N.Ir/c1-19(2)16-6-4-3-5-14(16)15-12-21-18(11-17(15)19)13-7-9-20-10-8-13;1-10-4-6-13(7-5-10)14-8-11(2)12(3)9-15-14;/h3-7,9-12H,1-2H3;4-6,8-9H,1-3H3;/q2*-1;. The molecule has 1 radical (unpaired) electrons. The number of benzene rings is 2. The van der Waals surface area contributed by atoms with Crippen LogP contribution >= 0.6 is 0 Å². The van der Waals surface area contributed by atoms with Crippen LogP contribution in [-0.4, -0.2) is 15.0 Å². The molecule has 3 aromatic heterocycles. The van der Waals surface area contributed by atoms with Gasteiger partial charge in [0.15, 0.2) is 0 Å². The average Bonchev–Trinajstić information content (AvgIpc) is 3.13. The summed E-state index contributed by atoms with van der Waals surface area (Å²) in [5.41, 5.74) is 13.0. The van der Waals surface area contributed by atoms with Crippen molar-refractivity contribution >= 4 is 0 Å². The molecule has 0 amide bonds. The maximum atomic E-state index is 4.63. The van der Waals surface area contributed by atoms with Crippen molar-refractivity contribution < 1.29 is 20.1 Å². The van der Waals surface area contributed by atoms with Gasteiger partial charge in [0, 0.05) is 43.5 Å². The minimum Gasteiger partial charge on any atom is -0.320 e. The predicted octanol–water partition coefficient (Wildman–Crippen LogP) is 7.72. The topological polar surface area (TPSA) is 38.7 Å². The molecule has 0 aliphatic heterocycles. The van der Waals surface area contributed by atoms with Gasteiger partial charge in [0.05, 0.1) is 0 Å². The number of rotatable bonds is 2. The van der Waals surface area contributed by atoms with Crippen molar-refractivity contribution in [3.63, 3.8) is 0 Å². The molecule has 2 aromatic carbocycles. The van der Waals surface area contributed by atoms with Crippen molar-refractivity contribution in [2.75, 3.05) is 0 Å². The molecular weight excluding hydrogens is 631 g/mol. The van der Waals surface area contributed by atoms with E-state index in [9.17, 15) is 0 Å². The van der Waals surface area contributed by atoms with Crippen molar-refractivity contribution in [1.82, 2.24) is 15.0 Å². The van der Waals surface area contributed by atoms with E-state index in [2.05, 4.69) is 110 Å². The number of fused-ring (bicyclic) bond motifs is 3. The molecular formula is C33H29IrN3-2. The Morgan fingerprint density at radius 1 is 0.703 bits per heavy atom. The molecule has 0 saturated carbocycles. The van der Waals surface area contributed by atoms with Crippen LogP contribution in [0.5, 0.6) is 0 Å². The van der Waals surface area contributed by atoms with Crippen LogP contribution in [-0.2, 0) is 25.5 Å².